The predicted octanol–water partition coefficient (Wildman–Crippen LogP) is 6.92. The number of nitrogens with zero attached hydrogens (tertiary/aromatic N) is 4. The highest BCUT2D eigenvalue weighted by Crippen LogP contribution is 2.35. The summed E-state index contributed by atoms with van der Waals surface area (Å²) in [6.07, 6.45) is 10.8. The molecule has 7 nitrogen and oxygen atoms in total. The Bertz CT molecular complexity index is 1160. The number of hydrogen-bond donors (Lipinski definition) is 1. The third-order valence-electron chi connectivity index (χ3n) is 6.34. The number of unbranched alkanes of at least 4 members (excludes halogenated alkanes) is 2. The second kappa shape index (κ2) is 14.2. The number of hydrogen-bond acceptors (Lipinski definition) is 6. The smallest absolute Gasteiger partial charge is 0.250 e. The summed E-state index contributed by atoms with van der Waals surface area (Å²) in [6.45, 7) is 2.90. The summed E-state index contributed by atoms with van der Waals surface area (Å²) in [7, 11) is 0. The molecular formula is C28H34ClN5O2S. The minimum absolute atomic E-state index is 0.191. The molecule has 0 atom stereocenters. The summed E-state index contributed by atoms with van der Waals surface area (Å²) < 4.78 is 7.94. The first-order chi connectivity index (χ1) is 18.1. The van der Waals surface area contributed by atoms with Crippen LogP contribution in [-0.2, 0) is 4.79 Å². The molecule has 2 aromatic carbocycles. The number of thioether (sulfide) groups is 1. The monoisotopic (exact) mass is 539 g/mol. The first-order valence-electron chi connectivity index (χ1n) is 13.0. The molecule has 196 valence electrons. The van der Waals surface area contributed by atoms with E-state index in [9.17, 15) is 4.79 Å². The van der Waals surface area contributed by atoms with Gasteiger partial charge in [-0.05, 0) is 73.4 Å². The molecule has 0 spiro atoms. The fourth-order valence-electron chi connectivity index (χ4n) is 4.37. The van der Waals surface area contributed by atoms with Crippen LogP contribution in [0, 0.1) is 0 Å². The molecule has 1 aromatic heterocycles. The average Bonchev–Trinajstić information content (AvgIpc) is 3.36. The van der Waals surface area contributed by atoms with Crippen molar-refractivity contribution in [1.82, 2.24) is 20.2 Å². The van der Waals surface area contributed by atoms with Gasteiger partial charge in [0.1, 0.15) is 5.75 Å². The van der Waals surface area contributed by atoms with Gasteiger partial charge in [-0.1, -0.05) is 62.4 Å². The van der Waals surface area contributed by atoms with E-state index in [2.05, 4.69) is 32.2 Å². The molecule has 1 amide bonds. The molecule has 1 heterocycles. The van der Waals surface area contributed by atoms with Crippen molar-refractivity contribution in [2.45, 2.75) is 69.5 Å². The summed E-state index contributed by atoms with van der Waals surface area (Å²) in [5.74, 6) is 1.67. The lowest BCUT2D eigenvalue weighted by atomic mass is 9.95. The Labute approximate surface area is 228 Å². The van der Waals surface area contributed by atoms with E-state index in [1.807, 2.05) is 48.5 Å². The fraction of sp³-hybridized carbons (Fsp3) is 0.429. The highest BCUT2D eigenvalue weighted by Gasteiger charge is 2.24. The molecule has 0 saturated heterocycles. The number of amides is 1. The highest BCUT2D eigenvalue weighted by atomic mass is 35.5. The van der Waals surface area contributed by atoms with Crippen LogP contribution in [0.2, 0.25) is 5.02 Å². The van der Waals surface area contributed by atoms with Crippen molar-refractivity contribution in [3.8, 4) is 17.1 Å². The molecule has 37 heavy (non-hydrogen) atoms. The van der Waals surface area contributed by atoms with Crippen LogP contribution in [0.5, 0.6) is 5.75 Å². The van der Waals surface area contributed by atoms with Crippen molar-refractivity contribution in [3.63, 3.8) is 0 Å². The van der Waals surface area contributed by atoms with Crippen LogP contribution in [0.3, 0.4) is 0 Å². The first-order valence-corrected chi connectivity index (χ1v) is 14.4. The molecule has 1 N–H and O–H groups in total. The molecule has 4 rings (SSSR count). The van der Waals surface area contributed by atoms with Gasteiger partial charge in [0, 0.05) is 16.6 Å². The third kappa shape index (κ3) is 8.07. The van der Waals surface area contributed by atoms with Gasteiger partial charge in [-0.25, -0.2) is 5.43 Å². The van der Waals surface area contributed by atoms with Crippen LogP contribution < -0.4 is 10.2 Å². The van der Waals surface area contributed by atoms with Gasteiger partial charge >= 0.3 is 0 Å². The maximum Gasteiger partial charge on any atom is 0.250 e. The number of carbonyl (C=O) groups is 1. The Morgan fingerprint density at radius 2 is 1.86 bits per heavy atom. The van der Waals surface area contributed by atoms with E-state index in [1.54, 1.807) is 6.21 Å². The second-order valence-corrected chi connectivity index (χ2v) is 10.6. The van der Waals surface area contributed by atoms with E-state index in [4.69, 9.17) is 16.3 Å². The van der Waals surface area contributed by atoms with Crippen molar-refractivity contribution in [3.05, 3.63) is 59.1 Å². The summed E-state index contributed by atoms with van der Waals surface area (Å²) >= 11 is 7.47. The van der Waals surface area contributed by atoms with E-state index >= 15 is 0 Å². The van der Waals surface area contributed by atoms with Crippen LogP contribution in [0.1, 0.15) is 69.9 Å². The van der Waals surface area contributed by atoms with Gasteiger partial charge in [0.05, 0.1) is 18.6 Å². The minimum Gasteiger partial charge on any atom is -0.494 e. The minimum atomic E-state index is -0.191. The van der Waals surface area contributed by atoms with Crippen LogP contribution in [0.15, 0.2) is 58.8 Å². The first kappa shape index (κ1) is 27.2. The van der Waals surface area contributed by atoms with Crippen LogP contribution in [0.4, 0.5) is 0 Å². The van der Waals surface area contributed by atoms with Gasteiger partial charge in [-0.15, -0.1) is 10.2 Å². The largest absolute Gasteiger partial charge is 0.494 e. The maximum absolute atomic E-state index is 12.5. The van der Waals surface area contributed by atoms with Crippen molar-refractivity contribution in [2.75, 3.05) is 12.4 Å². The number of aromatic nitrogens is 3. The molecule has 3 aromatic rings. The number of carbonyl (C=O) groups excluding carboxylic acids is 1. The zero-order valence-electron chi connectivity index (χ0n) is 21.2. The molecule has 0 aliphatic heterocycles. The second-order valence-electron chi connectivity index (χ2n) is 9.18. The number of hydrazone groups is 1. The fourth-order valence-corrected chi connectivity index (χ4v) is 5.30. The summed E-state index contributed by atoms with van der Waals surface area (Å²) in [6, 6.07) is 15.7. The molecule has 1 aliphatic rings. The predicted molar refractivity (Wildman–Crippen MR) is 151 cm³/mol. The van der Waals surface area contributed by atoms with Gasteiger partial charge < -0.3 is 4.74 Å². The Balaban J connectivity index is 1.33. The SMILES string of the molecule is CCCCCOc1ccc(C=NNC(=O)CSc2nnc(-c3ccc(Cl)cc3)n2C2CCCCC2)cc1. The lowest BCUT2D eigenvalue weighted by molar-refractivity contribution is -0.118. The van der Waals surface area contributed by atoms with Gasteiger partial charge in [-0.2, -0.15) is 5.10 Å². The normalized spacial score (nSPS) is 14.2. The summed E-state index contributed by atoms with van der Waals surface area (Å²) in [4.78, 5) is 12.5. The van der Waals surface area contributed by atoms with Crippen molar-refractivity contribution in [1.29, 1.82) is 0 Å². The van der Waals surface area contributed by atoms with Crippen LogP contribution in [-0.4, -0.2) is 39.2 Å². The standard InChI is InChI=1S/C28H34ClN5O2S/c1-2-3-7-18-36-25-16-10-21(11-17-25)19-30-31-26(35)20-37-28-33-32-27(22-12-14-23(29)15-13-22)34(28)24-8-5-4-6-9-24/h10-17,19,24H,2-9,18,20H2,1H3,(H,31,35). The van der Waals surface area contributed by atoms with Gasteiger partial charge in [-0.3, -0.25) is 9.36 Å². The van der Waals surface area contributed by atoms with Crippen molar-refractivity contribution in [2.24, 2.45) is 5.10 Å². The van der Waals surface area contributed by atoms with Gasteiger partial charge in [0.25, 0.3) is 5.91 Å². The lowest BCUT2D eigenvalue weighted by Gasteiger charge is -2.25. The lowest BCUT2D eigenvalue weighted by Crippen LogP contribution is -2.20. The summed E-state index contributed by atoms with van der Waals surface area (Å²) in [5.41, 5.74) is 4.47. The van der Waals surface area contributed by atoms with E-state index in [0.717, 1.165) is 53.7 Å². The van der Waals surface area contributed by atoms with Crippen molar-refractivity contribution >= 4 is 35.5 Å². The Morgan fingerprint density at radius 3 is 2.59 bits per heavy atom. The zero-order chi connectivity index (χ0) is 25.9. The van der Waals surface area contributed by atoms with E-state index in [1.165, 1.54) is 43.9 Å². The van der Waals surface area contributed by atoms with Crippen LogP contribution >= 0.6 is 23.4 Å². The Hall–Kier alpha value is -2.84. The summed E-state index contributed by atoms with van der Waals surface area (Å²) in [5, 5.41) is 14.5. The number of halogens is 1. The Morgan fingerprint density at radius 1 is 1.11 bits per heavy atom. The quantitative estimate of drug-likeness (QED) is 0.117. The third-order valence-corrected chi connectivity index (χ3v) is 7.53. The molecule has 1 fully saturated rings. The van der Waals surface area contributed by atoms with Crippen LogP contribution in [0.25, 0.3) is 11.4 Å². The molecule has 1 saturated carbocycles. The Kier molecular flexibility index (Phi) is 10.4. The maximum atomic E-state index is 12.5. The number of benzene rings is 2. The molecule has 0 bridgehead atoms. The average molecular weight is 540 g/mol. The number of rotatable bonds is 12. The molecule has 9 heteroatoms. The van der Waals surface area contributed by atoms with Gasteiger partial charge in [0.2, 0.25) is 0 Å². The van der Waals surface area contributed by atoms with Gasteiger partial charge in [0.15, 0.2) is 11.0 Å². The number of nitrogens with one attached hydrogen (secondary N) is 1. The van der Waals surface area contributed by atoms with Crippen molar-refractivity contribution < 1.29 is 9.53 Å². The molecular weight excluding hydrogens is 506 g/mol. The topological polar surface area (TPSA) is 81.4 Å². The number of ether oxygens (including phenoxy) is 1. The molecule has 1 aliphatic carbocycles. The van der Waals surface area contributed by atoms with E-state index < -0.39 is 0 Å². The highest BCUT2D eigenvalue weighted by molar-refractivity contribution is 7.99. The molecule has 0 radical (unpaired) electrons. The van der Waals surface area contributed by atoms with E-state index in [-0.39, 0.29) is 11.7 Å². The van der Waals surface area contributed by atoms with E-state index in [0.29, 0.717) is 11.1 Å². The molecule has 0 unspecified atom stereocenters. The zero-order valence-corrected chi connectivity index (χ0v) is 22.8.